The number of amides is 1. The molecule has 0 unspecified atom stereocenters. The molecule has 1 amide bonds. The van der Waals surface area contributed by atoms with Crippen molar-refractivity contribution in [1.82, 2.24) is 9.47 Å². The van der Waals surface area contributed by atoms with E-state index in [1.807, 2.05) is 11.0 Å². The average Bonchev–Trinajstić information content (AvgIpc) is 3.13. The fourth-order valence-electron chi connectivity index (χ4n) is 7.12. The second kappa shape index (κ2) is 9.55. The van der Waals surface area contributed by atoms with Gasteiger partial charge in [0, 0.05) is 61.3 Å². The smallest absolute Gasteiger partial charge is 0.335 e. The molecule has 6 heteroatoms. The molecule has 0 radical (unpaired) electrons. The molecule has 1 N–H and O–H groups in total. The third-order valence-corrected chi connectivity index (χ3v) is 9.00. The summed E-state index contributed by atoms with van der Waals surface area (Å²) in [6.45, 7) is 7.14. The highest BCUT2D eigenvalue weighted by Gasteiger charge is 2.33. The zero-order chi connectivity index (χ0) is 25.7. The first-order valence-corrected chi connectivity index (χ1v) is 13.9. The summed E-state index contributed by atoms with van der Waals surface area (Å²) in [6, 6.07) is 13.0. The highest BCUT2D eigenvalue weighted by Crippen LogP contribution is 2.48. The molecule has 3 aliphatic rings. The minimum absolute atomic E-state index is 0.166. The van der Waals surface area contributed by atoms with Crippen LogP contribution in [0.15, 0.2) is 36.4 Å². The molecule has 1 aliphatic carbocycles. The number of aromatic nitrogens is 1. The van der Waals surface area contributed by atoms with Gasteiger partial charge >= 0.3 is 5.97 Å². The van der Waals surface area contributed by atoms with E-state index in [0.717, 1.165) is 44.5 Å². The third kappa shape index (κ3) is 4.20. The Kier molecular flexibility index (Phi) is 6.21. The van der Waals surface area contributed by atoms with E-state index in [1.165, 1.54) is 65.6 Å². The Hall–Kier alpha value is -3.28. The van der Waals surface area contributed by atoms with Crippen molar-refractivity contribution < 1.29 is 14.7 Å². The first-order valence-electron chi connectivity index (χ1n) is 13.9. The molecule has 1 saturated carbocycles. The molecular formula is C31H37N3O3. The molecule has 2 aliphatic heterocycles. The van der Waals surface area contributed by atoms with E-state index in [9.17, 15) is 14.7 Å². The summed E-state index contributed by atoms with van der Waals surface area (Å²) in [5.41, 5.74) is 7.93. The Bertz CT molecular complexity index is 1360. The van der Waals surface area contributed by atoms with Crippen molar-refractivity contribution in [2.24, 2.45) is 0 Å². The number of carbonyl (C=O) groups excluding carboxylic acids is 1. The summed E-state index contributed by atoms with van der Waals surface area (Å²) < 4.78 is 2.42. The second-order valence-electron chi connectivity index (χ2n) is 11.2. The maximum absolute atomic E-state index is 11.9. The second-order valence-corrected chi connectivity index (χ2v) is 11.2. The number of piperidine rings is 1. The third-order valence-electron chi connectivity index (χ3n) is 9.00. The van der Waals surface area contributed by atoms with Gasteiger partial charge in [0.15, 0.2) is 0 Å². The van der Waals surface area contributed by atoms with Gasteiger partial charge in [-0.25, -0.2) is 4.79 Å². The Balaban J connectivity index is 1.52. The van der Waals surface area contributed by atoms with Crippen molar-refractivity contribution in [3.8, 4) is 11.3 Å². The van der Waals surface area contributed by atoms with E-state index in [2.05, 4.69) is 40.7 Å². The minimum atomic E-state index is -0.875. The SMILES string of the molecule is CC(=O)N1CCC(N2CCn3c(c(C4CCCCC4)c4ccc(C(=O)O)cc43)-c3ccc(C)cc32)CC1. The Morgan fingerprint density at radius 3 is 2.35 bits per heavy atom. The summed E-state index contributed by atoms with van der Waals surface area (Å²) in [4.78, 5) is 28.4. The number of carboxylic acids is 1. The monoisotopic (exact) mass is 499 g/mol. The molecule has 2 fully saturated rings. The summed E-state index contributed by atoms with van der Waals surface area (Å²) in [6.07, 6.45) is 8.15. The summed E-state index contributed by atoms with van der Waals surface area (Å²) >= 11 is 0. The highest BCUT2D eigenvalue weighted by atomic mass is 16.4. The van der Waals surface area contributed by atoms with Gasteiger partial charge in [-0.05, 0) is 67.9 Å². The lowest BCUT2D eigenvalue weighted by atomic mass is 9.81. The summed E-state index contributed by atoms with van der Waals surface area (Å²) in [7, 11) is 0. The van der Waals surface area contributed by atoms with Gasteiger partial charge < -0.3 is 19.5 Å². The molecular weight excluding hydrogens is 462 g/mol. The Morgan fingerprint density at radius 2 is 1.65 bits per heavy atom. The molecule has 1 saturated heterocycles. The van der Waals surface area contributed by atoms with E-state index in [4.69, 9.17) is 0 Å². The average molecular weight is 500 g/mol. The van der Waals surface area contributed by atoms with Crippen LogP contribution >= 0.6 is 0 Å². The van der Waals surface area contributed by atoms with Gasteiger partial charge in [0.05, 0.1) is 11.3 Å². The number of rotatable bonds is 3. The fraction of sp³-hybridized carbons (Fsp3) is 0.484. The maximum Gasteiger partial charge on any atom is 0.335 e. The molecule has 3 aromatic rings. The van der Waals surface area contributed by atoms with Crippen molar-refractivity contribution in [2.45, 2.75) is 77.3 Å². The largest absolute Gasteiger partial charge is 0.478 e. The minimum Gasteiger partial charge on any atom is -0.478 e. The Labute approximate surface area is 218 Å². The molecule has 6 rings (SSSR count). The zero-order valence-corrected chi connectivity index (χ0v) is 22.0. The number of carboxylic acid groups (broad SMARTS) is 1. The van der Waals surface area contributed by atoms with Crippen LogP contribution in [0.3, 0.4) is 0 Å². The number of hydrogen-bond donors (Lipinski definition) is 1. The standard InChI is InChI=1S/C31H37N3O3/c1-20-8-10-26-27(18-20)33(24-12-14-32(15-13-24)21(2)35)16-17-34-28-19-23(31(36)37)9-11-25(28)29(30(26)34)22-6-4-3-5-7-22/h8-11,18-19,22,24H,3-7,12-17H2,1-2H3,(H,36,37). The number of likely N-dealkylation sites (tertiary alicyclic amines) is 1. The first-order chi connectivity index (χ1) is 17.9. The van der Waals surface area contributed by atoms with Crippen molar-refractivity contribution in [3.63, 3.8) is 0 Å². The van der Waals surface area contributed by atoms with E-state index >= 15 is 0 Å². The molecule has 0 spiro atoms. The molecule has 6 nitrogen and oxygen atoms in total. The molecule has 194 valence electrons. The number of benzene rings is 2. The van der Waals surface area contributed by atoms with Gasteiger partial charge in [-0.1, -0.05) is 37.5 Å². The number of carbonyl (C=O) groups is 2. The van der Waals surface area contributed by atoms with Crippen LogP contribution in [0.5, 0.6) is 0 Å². The lowest BCUT2D eigenvalue weighted by molar-refractivity contribution is -0.129. The van der Waals surface area contributed by atoms with E-state index < -0.39 is 5.97 Å². The van der Waals surface area contributed by atoms with Crippen LogP contribution in [-0.4, -0.2) is 52.1 Å². The normalized spacial score (nSPS) is 19.0. The lowest BCUT2D eigenvalue weighted by Crippen LogP contribution is -2.47. The molecule has 1 aromatic heterocycles. The van der Waals surface area contributed by atoms with Crippen molar-refractivity contribution >= 4 is 28.5 Å². The molecule has 0 atom stereocenters. The number of anilines is 1. The Morgan fingerprint density at radius 1 is 0.892 bits per heavy atom. The van der Waals surface area contributed by atoms with Crippen molar-refractivity contribution in [3.05, 3.63) is 53.1 Å². The lowest BCUT2D eigenvalue weighted by Gasteiger charge is -2.39. The van der Waals surface area contributed by atoms with Crippen LogP contribution < -0.4 is 4.90 Å². The van der Waals surface area contributed by atoms with Crippen LogP contribution in [-0.2, 0) is 11.3 Å². The quantitative estimate of drug-likeness (QED) is 0.466. The molecule has 37 heavy (non-hydrogen) atoms. The summed E-state index contributed by atoms with van der Waals surface area (Å²) in [5, 5.41) is 11.0. The van der Waals surface area contributed by atoms with Crippen LogP contribution in [0.1, 0.15) is 79.3 Å². The molecule has 0 bridgehead atoms. The van der Waals surface area contributed by atoms with E-state index in [0.29, 0.717) is 17.5 Å². The highest BCUT2D eigenvalue weighted by molar-refractivity contribution is 5.99. The number of fused-ring (bicyclic) bond motifs is 5. The number of hydrogen-bond acceptors (Lipinski definition) is 3. The zero-order valence-electron chi connectivity index (χ0n) is 22.0. The van der Waals surface area contributed by atoms with E-state index in [1.54, 1.807) is 13.0 Å². The van der Waals surface area contributed by atoms with Gasteiger partial charge in [0.25, 0.3) is 0 Å². The number of aryl methyl sites for hydroxylation is 1. The fourth-order valence-corrected chi connectivity index (χ4v) is 7.12. The predicted octanol–water partition coefficient (Wildman–Crippen LogP) is 6.19. The number of aromatic carboxylic acids is 1. The van der Waals surface area contributed by atoms with Gasteiger partial charge in [0.1, 0.15) is 0 Å². The first kappa shape index (κ1) is 24.1. The topological polar surface area (TPSA) is 65.8 Å². The van der Waals surface area contributed by atoms with Crippen LogP contribution in [0.4, 0.5) is 5.69 Å². The van der Waals surface area contributed by atoms with Gasteiger partial charge in [-0.2, -0.15) is 0 Å². The van der Waals surface area contributed by atoms with Crippen LogP contribution in [0.2, 0.25) is 0 Å². The van der Waals surface area contributed by atoms with Gasteiger partial charge in [0.2, 0.25) is 5.91 Å². The predicted molar refractivity (Wildman–Crippen MR) is 148 cm³/mol. The maximum atomic E-state index is 11.9. The molecule has 3 heterocycles. The van der Waals surface area contributed by atoms with Gasteiger partial charge in [-0.3, -0.25) is 4.79 Å². The van der Waals surface area contributed by atoms with Gasteiger partial charge in [-0.15, -0.1) is 0 Å². The van der Waals surface area contributed by atoms with Crippen LogP contribution in [0, 0.1) is 6.92 Å². The van der Waals surface area contributed by atoms with Crippen molar-refractivity contribution in [1.29, 1.82) is 0 Å². The summed E-state index contributed by atoms with van der Waals surface area (Å²) in [5.74, 6) is -0.206. The van der Waals surface area contributed by atoms with E-state index in [-0.39, 0.29) is 5.91 Å². The van der Waals surface area contributed by atoms with Crippen LogP contribution in [0.25, 0.3) is 22.2 Å². The van der Waals surface area contributed by atoms with Crippen molar-refractivity contribution in [2.75, 3.05) is 24.5 Å². The number of nitrogens with zero attached hydrogens (tertiary/aromatic N) is 3. The molecule has 2 aromatic carbocycles.